The van der Waals surface area contributed by atoms with Gasteiger partial charge < -0.3 is 14.4 Å². The fourth-order valence-electron chi connectivity index (χ4n) is 3.59. The molecule has 0 N–H and O–H groups in total. The summed E-state index contributed by atoms with van der Waals surface area (Å²) in [6.45, 7) is 4.42. The molecule has 0 aliphatic carbocycles. The lowest BCUT2D eigenvalue weighted by molar-refractivity contribution is -0.00845. The predicted molar refractivity (Wildman–Crippen MR) is 90.2 cm³/mol. The first-order valence-corrected chi connectivity index (χ1v) is 8.47. The zero-order chi connectivity index (χ0) is 16.4. The summed E-state index contributed by atoms with van der Waals surface area (Å²) < 4.78 is 12.2. The fraction of sp³-hybridized carbons (Fsp3) is 0.500. The highest BCUT2D eigenvalue weighted by Gasteiger charge is 2.45. The molecule has 0 unspecified atom stereocenters. The standard InChI is InChI=1S/C18H22N4O2/c1-14-9-20-17(21-10-14)22-7-3-5-18(13-22)8-16(12-23-18)24-15-4-2-6-19-11-15/h2,4,6,9-11,16H,3,5,7-8,12-13H2,1H3/t16-,18+/m1/s1. The largest absolute Gasteiger partial charge is 0.486 e. The van der Waals surface area contributed by atoms with E-state index in [1.807, 2.05) is 31.5 Å². The molecule has 0 radical (unpaired) electrons. The summed E-state index contributed by atoms with van der Waals surface area (Å²) in [7, 11) is 0. The van der Waals surface area contributed by atoms with Gasteiger partial charge in [0.15, 0.2) is 0 Å². The molecule has 2 aliphatic heterocycles. The Labute approximate surface area is 141 Å². The summed E-state index contributed by atoms with van der Waals surface area (Å²) in [5.74, 6) is 1.59. The first kappa shape index (κ1) is 15.3. The van der Waals surface area contributed by atoms with Crippen LogP contribution in [0.25, 0.3) is 0 Å². The van der Waals surface area contributed by atoms with Crippen molar-refractivity contribution in [3.63, 3.8) is 0 Å². The molecule has 4 heterocycles. The third-order valence-corrected chi connectivity index (χ3v) is 4.70. The van der Waals surface area contributed by atoms with Crippen LogP contribution in [0.4, 0.5) is 5.95 Å². The van der Waals surface area contributed by atoms with Gasteiger partial charge in [-0.1, -0.05) is 0 Å². The Morgan fingerprint density at radius 2 is 2.17 bits per heavy atom. The van der Waals surface area contributed by atoms with E-state index < -0.39 is 0 Å². The average Bonchev–Trinajstić information content (AvgIpc) is 2.98. The highest BCUT2D eigenvalue weighted by molar-refractivity contribution is 5.32. The normalized spacial score (nSPS) is 26.7. The van der Waals surface area contributed by atoms with Crippen LogP contribution in [-0.4, -0.2) is 46.4 Å². The van der Waals surface area contributed by atoms with E-state index in [0.717, 1.165) is 49.6 Å². The SMILES string of the molecule is Cc1cnc(N2CCC[C@]3(C[C@@H](Oc4cccnc4)CO3)C2)nc1. The molecule has 0 amide bonds. The van der Waals surface area contributed by atoms with E-state index in [4.69, 9.17) is 9.47 Å². The Kier molecular flexibility index (Phi) is 4.06. The summed E-state index contributed by atoms with van der Waals surface area (Å²) in [5, 5.41) is 0. The molecular formula is C18H22N4O2. The highest BCUT2D eigenvalue weighted by Crippen LogP contribution is 2.36. The molecule has 2 saturated heterocycles. The number of nitrogens with zero attached hydrogens (tertiary/aromatic N) is 4. The number of rotatable bonds is 3. The summed E-state index contributed by atoms with van der Waals surface area (Å²) in [6, 6.07) is 3.82. The number of piperidine rings is 1. The van der Waals surface area contributed by atoms with Crippen molar-refractivity contribution in [2.24, 2.45) is 0 Å². The van der Waals surface area contributed by atoms with Gasteiger partial charge in [0.2, 0.25) is 5.95 Å². The molecule has 6 nitrogen and oxygen atoms in total. The topological polar surface area (TPSA) is 60.4 Å². The van der Waals surface area contributed by atoms with Crippen molar-refractivity contribution in [3.05, 3.63) is 42.5 Å². The van der Waals surface area contributed by atoms with Crippen molar-refractivity contribution in [2.45, 2.75) is 37.9 Å². The average molecular weight is 326 g/mol. The second-order valence-electron chi connectivity index (χ2n) is 6.71. The maximum Gasteiger partial charge on any atom is 0.225 e. The van der Waals surface area contributed by atoms with Gasteiger partial charge in [0, 0.05) is 38.1 Å². The van der Waals surface area contributed by atoms with Crippen LogP contribution < -0.4 is 9.64 Å². The van der Waals surface area contributed by atoms with E-state index >= 15 is 0 Å². The van der Waals surface area contributed by atoms with Gasteiger partial charge in [-0.2, -0.15) is 0 Å². The minimum Gasteiger partial charge on any atom is -0.486 e. The molecule has 2 aliphatic rings. The van der Waals surface area contributed by atoms with Crippen molar-refractivity contribution >= 4 is 5.95 Å². The van der Waals surface area contributed by atoms with E-state index in [1.54, 1.807) is 12.4 Å². The van der Waals surface area contributed by atoms with Crippen LogP contribution in [0.2, 0.25) is 0 Å². The summed E-state index contributed by atoms with van der Waals surface area (Å²) in [6.07, 6.45) is 10.3. The first-order valence-electron chi connectivity index (χ1n) is 8.47. The monoisotopic (exact) mass is 326 g/mol. The third-order valence-electron chi connectivity index (χ3n) is 4.70. The lowest BCUT2D eigenvalue weighted by Gasteiger charge is -2.39. The van der Waals surface area contributed by atoms with Crippen LogP contribution in [-0.2, 0) is 4.74 Å². The Morgan fingerprint density at radius 1 is 1.29 bits per heavy atom. The number of aryl methyl sites for hydroxylation is 1. The van der Waals surface area contributed by atoms with Crippen LogP contribution >= 0.6 is 0 Å². The fourth-order valence-corrected chi connectivity index (χ4v) is 3.59. The molecule has 6 heteroatoms. The molecule has 4 rings (SSSR count). The molecule has 0 saturated carbocycles. The Bertz CT molecular complexity index is 679. The number of hydrogen-bond acceptors (Lipinski definition) is 6. The Hall–Kier alpha value is -2.21. The van der Waals surface area contributed by atoms with Gasteiger partial charge >= 0.3 is 0 Å². The minimum absolute atomic E-state index is 0.0769. The summed E-state index contributed by atoms with van der Waals surface area (Å²) in [5.41, 5.74) is 0.923. The zero-order valence-corrected chi connectivity index (χ0v) is 13.9. The number of anilines is 1. The minimum atomic E-state index is -0.153. The molecule has 0 aromatic carbocycles. The smallest absolute Gasteiger partial charge is 0.225 e. The zero-order valence-electron chi connectivity index (χ0n) is 13.9. The molecule has 2 atom stereocenters. The number of hydrogen-bond donors (Lipinski definition) is 0. The van der Waals surface area contributed by atoms with E-state index in [2.05, 4.69) is 19.9 Å². The van der Waals surface area contributed by atoms with Crippen LogP contribution in [0.1, 0.15) is 24.8 Å². The van der Waals surface area contributed by atoms with E-state index in [9.17, 15) is 0 Å². The first-order chi connectivity index (χ1) is 11.7. The van der Waals surface area contributed by atoms with Gasteiger partial charge in [-0.15, -0.1) is 0 Å². The van der Waals surface area contributed by atoms with Gasteiger partial charge in [-0.05, 0) is 37.5 Å². The molecule has 0 bridgehead atoms. The van der Waals surface area contributed by atoms with Crippen molar-refractivity contribution in [3.8, 4) is 5.75 Å². The Morgan fingerprint density at radius 3 is 2.96 bits per heavy atom. The van der Waals surface area contributed by atoms with Gasteiger partial charge in [-0.25, -0.2) is 9.97 Å². The molecule has 2 aromatic heterocycles. The maximum atomic E-state index is 6.20. The Balaban J connectivity index is 1.43. The molecule has 126 valence electrons. The molecule has 1 spiro atoms. The van der Waals surface area contributed by atoms with Gasteiger partial charge in [-0.3, -0.25) is 4.98 Å². The van der Waals surface area contributed by atoms with E-state index in [-0.39, 0.29) is 11.7 Å². The van der Waals surface area contributed by atoms with Crippen molar-refractivity contribution < 1.29 is 9.47 Å². The van der Waals surface area contributed by atoms with Crippen LogP contribution in [0, 0.1) is 6.92 Å². The molecular weight excluding hydrogens is 304 g/mol. The van der Waals surface area contributed by atoms with Crippen LogP contribution in [0.5, 0.6) is 5.75 Å². The number of ether oxygens (including phenoxy) is 2. The second kappa shape index (κ2) is 6.36. The maximum absolute atomic E-state index is 6.20. The predicted octanol–water partition coefficient (Wildman–Crippen LogP) is 2.39. The van der Waals surface area contributed by atoms with E-state index in [1.165, 1.54) is 0 Å². The number of pyridine rings is 1. The summed E-state index contributed by atoms with van der Waals surface area (Å²) in [4.78, 5) is 15.3. The quantitative estimate of drug-likeness (QED) is 0.863. The van der Waals surface area contributed by atoms with Gasteiger partial charge in [0.25, 0.3) is 0 Å². The van der Waals surface area contributed by atoms with Crippen molar-refractivity contribution in [1.29, 1.82) is 0 Å². The molecule has 2 aromatic rings. The van der Waals surface area contributed by atoms with Crippen LogP contribution in [0.15, 0.2) is 36.9 Å². The third kappa shape index (κ3) is 3.19. The summed E-state index contributed by atoms with van der Waals surface area (Å²) >= 11 is 0. The lowest BCUT2D eigenvalue weighted by Crippen LogP contribution is -2.48. The second-order valence-corrected chi connectivity index (χ2v) is 6.71. The number of aromatic nitrogens is 3. The highest BCUT2D eigenvalue weighted by atomic mass is 16.6. The van der Waals surface area contributed by atoms with Crippen molar-refractivity contribution in [1.82, 2.24) is 15.0 Å². The van der Waals surface area contributed by atoms with Crippen LogP contribution in [0.3, 0.4) is 0 Å². The van der Waals surface area contributed by atoms with E-state index in [0.29, 0.717) is 6.61 Å². The van der Waals surface area contributed by atoms with Gasteiger partial charge in [0.05, 0.1) is 18.4 Å². The van der Waals surface area contributed by atoms with Gasteiger partial charge in [0.1, 0.15) is 11.9 Å². The molecule has 24 heavy (non-hydrogen) atoms. The lowest BCUT2D eigenvalue weighted by atomic mass is 9.89. The molecule has 2 fully saturated rings. The van der Waals surface area contributed by atoms with Crippen molar-refractivity contribution in [2.75, 3.05) is 24.6 Å².